The molecular weight excluding hydrogens is 281 g/mol. The van der Waals surface area contributed by atoms with Gasteiger partial charge in [-0.2, -0.15) is 0 Å². The maximum absolute atomic E-state index is 13.4. The van der Waals surface area contributed by atoms with Crippen LogP contribution in [0.4, 0.5) is 4.39 Å². The second-order valence-electron chi connectivity index (χ2n) is 4.94. The first-order valence-corrected chi connectivity index (χ1v) is 8.40. The molecule has 112 valence electrons. The fourth-order valence-corrected chi connectivity index (χ4v) is 3.40. The van der Waals surface area contributed by atoms with Crippen LogP contribution in [-0.4, -0.2) is 44.5 Å². The summed E-state index contributed by atoms with van der Waals surface area (Å²) in [5.41, 5.74) is 0. The Labute approximate surface area is 119 Å². The molecule has 20 heavy (non-hydrogen) atoms. The second kappa shape index (κ2) is 7.10. The molecule has 0 saturated carbocycles. The lowest BCUT2D eigenvalue weighted by molar-refractivity contribution is 0.227. The van der Waals surface area contributed by atoms with Gasteiger partial charge in [-0.05, 0) is 51.0 Å². The molecule has 5 nitrogen and oxygen atoms in total. The molecule has 1 fully saturated rings. The van der Waals surface area contributed by atoms with Crippen molar-refractivity contribution in [3.05, 3.63) is 24.1 Å². The van der Waals surface area contributed by atoms with Crippen LogP contribution in [0.15, 0.2) is 23.4 Å². The van der Waals surface area contributed by atoms with E-state index in [1.807, 2.05) is 0 Å². The standard InChI is InChI=1S/C13H20FN3O2S/c14-12-6-4-7-15-13(12)20(18,19)16-8-5-11-17-9-2-1-3-10-17/h4,6-7,16H,1-3,5,8-11H2. The summed E-state index contributed by atoms with van der Waals surface area (Å²) in [5.74, 6) is -0.823. The summed E-state index contributed by atoms with van der Waals surface area (Å²) in [6, 6.07) is 2.46. The van der Waals surface area contributed by atoms with Gasteiger partial charge in [0, 0.05) is 12.7 Å². The molecule has 1 aromatic heterocycles. The summed E-state index contributed by atoms with van der Waals surface area (Å²) >= 11 is 0. The summed E-state index contributed by atoms with van der Waals surface area (Å²) in [6.07, 6.45) is 5.69. The highest BCUT2D eigenvalue weighted by molar-refractivity contribution is 7.89. The van der Waals surface area contributed by atoms with Crippen molar-refractivity contribution < 1.29 is 12.8 Å². The van der Waals surface area contributed by atoms with Crippen LogP contribution in [0.5, 0.6) is 0 Å². The number of nitrogens with zero attached hydrogens (tertiary/aromatic N) is 2. The van der Waals surface area contributed by atoms with Crippen LogP contribution < -0.4 is 4.72 Å². The highest BCUT2D eigenvalue weighted by atomic mass is 32.2. The number of halogens is 1. The van der Waals surface area contributed by atoms with E-state index in [9.17, 15) is 12.8 Å². The fourth-order valence-electron chi connectivity index (χ4n) is 2.33. The minimum atomic E-state index is -3.85. The lowest BCUT2D eigenvalue weighted by atomic mass is 10.1. The molecule has 1 N–H and O–H groups in total. The summed E-state index contributed by atoms with van der Waals surface area (Å²) < 4.78 is 39.5. The third-order valence-electron chi connectivity index (χ3n) is 3.37. The zero-order valence-corrected chi connectivity index (χ0v) is 12.2. The molecular formula is C13H20FN3O2S. The predicted octanol–water partition coefficient (Wildman–Crippen LogP) is 1.37. The molecule has 1 saturated heterocycles. The van der Waals surface area contributed by atoms with Crippen molar-refractivity contribution >= 4 is 10.0 Å². The molecule has 0 bridgehead atoms. The quantitative estimate of drug-likeness (QED) is 0.806. The molecule has 0 amide bonds. The van der Waals surface area contributed by atoms with Gasteiger partial charge in [-0.25, -0.2) is 22.5 Å². The van der Waals surface area contributed by atoms with E-state index in [4.69, 9.17) is 0 Å². The molecule has 2 heterocycles. The first kappa shape index (κ1) is 15.3. The molecule has 0 atom stereocenters. The van der Waals surface area contributed by atoms with E-state index in [-0.39, 0.29) is 0 Å². The van der Waals surface area contributed by atoms with E-state index in [1.54, 1.807) is 0 Å². The lowest BCUT2D eigenvalue weighted by Gasteiger charge is -2.26. The number of hydrogen-bond donors (Lipinski definition) is 1. The van der Waals surface area contributed by atoms with Gasteiger partial charge in [0.2, 0.25) is 5.03 Å². The number of pyridine rings is 1. The van der Waals surface area contributed by atoms with Crippen molar-refractivity contribution in [2.75, 3.05) is 26.2 Å². The highest BCUT2D eigenvalue weighted by Crippen LogP contribution is 2.10. The number of likely N-dealkylation sites (tertiary alicyclic amines) is 1. The van der Waals surface area contributed by atoms with Crippen LogP contribution in [0, 0.1) is 5.82 Å². The van der Waals surface area contributed by atoms with E-state index in [0.717, 1.165) is 25.7 Å². The average molecular weight is 301 g/mol. The molecule has 0 aromatic carbocycles. The van der Waals surface area contributed by atoms with Crippen LogP contribution in [-0.2, 0) is 10.0 Å². The van der Waals surface area contributed by atoms with Gasteiger partial charge in [-0.15, -0.1) is 0 Å². The van der Waals surface area contributed by atoms with Gasteiger partial charge in [0.05, 0.1) is 0 Å². The topological polar surface area (TPSA) is 62.3 Å². The molecule has 1 aromatic rings. The van der Waals surface area contributed by atoms with Gasteiger partial charge < -0.3 is 4.90 Å². The van der Waals surface area contributed by atoms with Gasteiger partial charge in [0.15, 0.2) is 5.82 Å². The van der Waals surface area contributed by atoms with Crippen molar-refractivity contribution in [3.8, 4) is 0 Å². The number of rotatable bonds is 6. The SMILES string of the molecule is O=S(=O)(NCCCN1CCCCC1)c1ncccc1F. The van der Waals surface area contributed by atoms with Gasteiger partial charge in [-0.3, -0.25) is 0 Å². The third kappa shape index (κ3) is 4.22. The van der Waals surface area contributed by atoms with Crippen molar-refractivity contribution in [2.45, 2.75) is 30.7 Å². The summed E-state index contributed by atoms with van der Waals surface area (Å²) in [7, 11) is -3.85. The average Bonchev–Trinajstić information content (AvgIpc) is 2.45. The van der Waals surface area contributed by atoms with E-state index >= 15 is 0 Å². The van der Waals surface area contributed by atoms with Crippen LogP contribution in [0.1, 0.15) is 25.7 Å². The Morgan fingerprint density at radius 1 is 1.30 bits per heavy atom. The highest BCUT2D eigenvalue weighted by Gasteiger charge is 2.19. The Kier molecular flexibility index (Phi) is 5.45. The van der Waals surface area contributed by atoms with Crippen molar-refractivity contribution in [1.82, 2.24) is 14.6 Å². The Bertz CT molecular complexity index is 530. The Balaban J connectivity index is 1.79. The van der Waals surface area contributed by atoms with E-state index in [2.05, 4.69) is 14.6 Å². The van der Waals surface area contributed by atoms with Crippen molar-refractivity contribution in [1.29, 1.82) is 0 Å². The molecule has 0 radical (unpaired) electrons. The van der Waals surface area contributed by atoms with E-state index < -0.39 is 20.9 Å². The maximum atomic E-state index is 13.4. The Morgan fingerprint density at radius 3 is 2.75 bits per heavy atom. The largest absolute Gasteiger partial charge is 0.303 e. The minimum Gasteiger partial charge on any atom is -0.303 e. The molecule has 7 heteroatoms. The smallest absolute Gasteiger partial charge is 0.261 e. The normalized spacial score (nSPS) is 17.2. The zero-order valence-electron chi connectivity index (χ0n) is 11.4. The van der Waals surface area contributed by atoms with Gasteiger partial charge in [-0.1, -0.05) is 6.42 Å². The van der Waals surface area contributed by atoms with Gasteiger partial charge >= 0.3 is 0 Å². The summed E-state index contributed by atoms with van der Waals surface area (Å²) in [4.78, 5) is 5.92. The van der Waals surface area contributed by atoms with E-state index in [1.165, 1.54) is 31.5 Å². The Morgan fingerprint density at radius 2 is 2.05 bits per heavy atom. The molecule has 2 rings (SSSR count). The first-order valence-electron chi connectivity index (χ1n) is 6.92. The minimum absolute atomic E-state index is 0.300. The number of hydrogen-bond acceptors (Lipinski definition) is 4. The van der Waals surface area contributed by atoms with Crippen LogP contribution in [0.2, 0.25) is 0 Å². The molecule has 0 unspecified atom stereocenters. The van der Waals surface area contributed by atoms with Crippen LogP contribution in [0.25, 0.3) is 0 Å². The maximum Gasteiger partial charge on any atom is 0.261 e. The monoisotopic (exact) mass is 301 g/mol. The number of aromatic nitrogens is 1. The number of nitrogens with one attached hydrogen (secondary N) is 1. The lowest BCUT2D eigenvalue weighted by Crippen LogP contribution is -2.33. The van der Waals surface area contributed by atoms with Crippen molar-refractivity contribution in [3.63, 3.8) is 0 Å². The van der Waals surface area contributed by atoms with Crippen molar-refractivity contribution in [2.24, 2.45) is 0 Å². The molecule has 1 aliphatic rings. The number of piperidine rings is 1. The third-order valence-corrected chi connectivity index (χ3v) is 4.76. The summed E-state index contributed by atoms with van der Waals surface area (Å²) in [6.45, 7) is 3.34. The number of sulfonamides is 1. The zero-order chi connectivity index (χ0) is 14.4. The van der Waals surface area contributed by atoms with Crippen LogP contribution >= 0.6 is 0 Å². The second-order valence-corrected chi connectivity index (χ2v) is 6.63. The fraction of sp³-hybridized carbons (Fsp3) is 0.615. The van der Waals surface area contributed by atoms with Crippen LogP contribution in [0.3, 0.4) is 0 Å². The Hall–Kier alpha value is -1.05. The first-order chi connectivity index (χ1) is 9.59. The van der Waals surface area contributed by atoms with E-state index in [0.29, 0.717) is 13.0 Å². The molecule has 0 aliphatic carbocycles. The van der Waals surface area contributed by atoms with Gasteiger partial charge in [0.1, 0.15) is 0 Å². The predicted molar refractivity (Wildman–Crippen MR) is 74.3 cm³/mol. The summed E-state index contributed by atoms with van der Waals surface area (Å²) in [5, 5.41) is -0.530. The molecule has 0 spiro atoms. The van der Waals surface area contributed by atoms with Gasteiger partial charge in [0.25, 0.3) is 10.0 Å². The molecule has 1 aliphatic heterocycles.